The predicted octanol–water partition coefficient (Wildman–Crippen LogP) is 2.89. The smallest absolute Gasteiger partial charge is 0.275 e. The highest BCUT2D eigenvalue weighted by Gasteiger charge is 2.15. The molecule has 0 fully saturated rings. The van der Waals surface area contributed by atoms with Crippen LogP contribution in [0.4, 0.5) is 0 Å². The molecule has 2 rings (SSSR count). The summed E-state index contributed by atoms with van der Waals surface area (Å²) in [6.07, 6.45) is 0. The van der Waals surface area contributed by atoms with Crippen LogP contribution in [0.2, 0.25) is 10.0 Å². The van der Waals surface area contributed by atoms with Gasteiger partial charge in [-0.05, 0) is 48.9 Å². The van der Waals surface area contributed by atoms with Crippen molar-refractivity contribution in [3.63, 3.8) is 0 Å². The van der Waals surface area contributed by atoms with Gasteiger partial charge in [-0.1, -0.05) is 29.3 Å². The second-order valence-electron chi connectivity index (χ2n) is 6.12. The summed E-state index contributed by atoms with van der Waals surface area (Å²) in [5.74, 6) is 0.819. The summed E-state index contributed by atoms with van der Waals surface area (Å²) in [6, 6.07) is 13.1. The minimum absolute atomic E-state index is 0.00964. The molecule has 1 amide bonds. The summed E-state index contributed by atoms with van der Waals surface area (Å²) in [5, 5.41) is 3.99. The lowest BCUT2D eigenvalue weighted by Crippen LogP contribution is -3.08. The number of hydrogen-bond acceptors (Lipinski definition) is 2. The van der Waals surface area contributed by atoms with E-state index in [9.17, 15) is 4.79 Å². The molecule has 0 aromatic heterocycles. The molecule has 2 atom stereocenters. The topological polar surface area (TPSA) is 42.8 Å². The van der Waals surface area contributed by atoms with Crippen LogP contribution in [0, 0.1) is 0 Å². The molecule has 0 saturated carbocycles. The second kappa shape index (κ2) is 9.09. The lowest BCUT2D eigenvalue weighted by atomic mass is 10.1. The lowest BCUT2D eigenvalue weighted by Gasteiger charge is -2.18. The monoisotopic (exact) mass is 381 g/mol. The highest BCUT2D eigenvalue weighted by atomic mass is 35.5. The van der Waals surface area contributed by atoms with Crippen LogP contribution in [0.25, 0.3) is 0 Å². The van der Waals surface area contributed by atoms with Crippen LogP contribution in [-0.4, -0.2) is 26.6 Å². The van der Waals surface area contributed by atoms with Gasteiger partial charge < -0.3 is 15.0 Å². The highest BCUT2D eigenvalue weighted by Crippen LogP contribution is 2.25. The first-order valence-corrected chi connectivity index (χ1v) is 8.83. The molecule has 0 saturated heterocycles. The van der Waals surface area contributed by atoms with Crippen LogP contribution in [0.5, 0.6) is 5.75 Å². The van der Waals surface area contributed by atoms with Crippen molar-refractivity contribution >= 4 is 29.1 Å². The molecule has 0 radical (unpaired) electrons. The number of carbonyl (C=O) groups excluding carboxylic acids is 1. The first-order chi connectivity index (χ1) is 11.9. The van der Waals surface area contributed by atoms with Gasteiger partial charge in [-0.2, -0.15) is 0 Å². The van der Waals surface area contributed by atoms with Crippen LogP contribution < -0.4 is 15.0 Å². The number of likely N-dealkylation sites (N-methyl/N-ethyl adjacent to an activating group) is 1. The quantitative estimate of drug-likeness (QED) is 0.774. The number of benzene rings is 2. The van der Waals surface area contributed by atoms with Crippen molar-refractivity contribution in [1.82, 2.24) is 5.32 Å². The summed E-state index contributed by atoms with van der Waals surface area (Å²) in [6.45, 7) is 3.08. The Bertz CT molecular complexity index is 720. The van der Waals surface area contributed by atoms with E-state index in [2.05, 4.69) is 5.32 Å². The molecule has 4 nitrogen and oxygen atoms in total. The van der Waals surface area contributed by atoms with Crippen molar-refractivity contribution in [1.29, 1.82) is 0 Å². The Hall–Kier alpha value is -1.75. The zero-order valence-electron chi connectivity index (χ0n) is 14.6. The average Bonchev–Trinajstić information content (AvgIpc) is 2.57. The van der Waals surface area contributed by atoms with Crippen LogP contribution in [0.3, 0.4) is 0 Å². The number of rotatable bonds is 7. The molecular formula is C19H23Cl2N2O2+. The summed E-state index contributed by atoms with van der Waals surface area (Å²) in [5.41, 5.74) is 2.08. The zero-order chi connectivity index (χ0) is 18.4. The fourth-order valence-electron chi connectivity index (χ4n) is 2.59. The molecule has 0 aliphatic rings. The Labute approximate surface area is 158 Å². The summed E-state index contributed by atoms with van der Waals surface area (Å²) < 4.78 is 5.15. The molecule has 134 valence electrons. The molecule has 25 heavy (non-hydrogen) atoms. The van der Waals surface area contributed by atoms with Gasteiger partial charge in [0.2, 0.25) is 0 Å². The minimum Gasteiger partial charge on any atom is -0.497 e. The maximum atomic E-state index is 12.3. The normalized spacial score (nSPS) is 13.2. The SMILES string of the molecule is COc1ccc(C[NH+](C)CC(=O)N[C@@H](C)c2ccc(Cl)c(Cl)c2)cc1. The molecule has 0 heterocycles. The van der Waals surface area contributed by atoms with E-state index in [1.165, 1.54) is 0 Å². The summed E-state index contributed by atoms with van der Waals surface area (Å²) >= 11 is 12.0. The van der Waals surface area contributed by atoms with Crippen LogP contribution in [0.1, 0.15) is 24.1 Å². The molecule has 6 heteroatoms. The van der Waals surface area contributed by atoms with Gasteiger partial charge in [0.05, 0.1) is 30.2 Å². The third kappa shape index (κ3) is 5.92. The Balaban J connectivity index is 1.86. The largest absolute Gasteiger partial charge is 0.497 e. The van der Waals surface area contributed by atoms with Gasteiger partial charge in [0, 0.05) is 5.56 Å². The standard InChI is InChI=1S/C19H22Cl2N2O2/c1-13(15-6-9-17(20)18(21)10-15)22-19(24)12-23(2)11-14-4-7-16(25-3)8-5-14/h4-10,13H,11-12H2,1-3H3,(H,22,24)/p+1/t13-/m0/s1. The molecule has 0 aliphatic carbocycles. The van der Waals surface area contributed by atoms with E-state index in [4.69, 9.17) is 27.9 Å². The lowest BCUT2D eigenvalue weighted by molar-refractivity contribution is -0.885. The van der Waals surface area contributed by atoms with Gasteiger partial charge in [-0.15, -0.1) is 0 Å². The van der Waals surface area contributed by atoms with Crippen molar-refractivity contribution in [2.75, 3.05) is 20.7 Å². The number of carbonyl (C=O) groups is 1. The number of methoxy groups -OCH3 is 1. The van der Waals surface area contributed by atoms with E-state index in [0.29, 0.717) is 16.6 Å². The Kier molecular flexibility index (Phi) is 7.12. The van der Waals surface area contributed by atoms with Gasteiger partial charge in [-0.3, -0.25) is 4.79 Å². The molecule has 2 N–H and O–H groups in total. The van der Waals surface area contributed by atoms with Crippen molar-refractivity contribution in [3.05, 3.63) is 63.6 Å². The minimum atomic E-state index is -0.129. The van der Waals surface area contributed by atoms with E-state index in [1.54, 1.807) is 19.2 Å². The van der Waals surface area contributed by atoms with Crippen LogP contribution in [-0.2, 0) is 11.3 Å². The Morgan fingerprint density at radius 1 is 1.16 bits per heavy atom. The van der Waals surface area contributed by atoms with E-state index in [1.807, 2.05) is 44.3 Å². The van der Waals surface area contributed by atoms with Gasteiger partial charge in [0.15, 0.2) is 6.54 Å². The van der Waals surface area contributed by atoms with Crippen LogP contribution >= 0.6 is 23.2 Å². The molecular weight excluding hydrogens is 359 g/mol. The van der Waals surface area contributed by atoms with Gasteiger partial charge in [-0.25, -0.2) is 0 Å². The Morgan fingerprint density at radius 2 is 1.84 bits per heavy atom. The average molecular weight is 382 g/mol. The number of ether oxygens (including phenoxy) is 1. The number of amides is 1. The van der Waals surface area contributed by atoms with Crippen molar-refractivity contribution in [2.24, 2.45) is 0 Å². The molecule has 0 bridgehead atoms. The molecule has 2 aromatic rings. The number of nitrogens with one attached hydrogen (secondary N) is 2. The Morgan fingerprint density at radius 3 is 2.44 bits per heavy atom. The van der Waals surface area contributed by atoms with Gasteiger partial charge >= 0.3 is 0 Å². The number of halogens is 2. The number of hydrogen-bond donors (Lipinski definition) is 2. The van der Waals surface area contributed by atoms with E-state index in [-0.39, 0.29) is 11.9 Å². The number of quaternary nitrogens is 1. The molecule has 2 aromatic carbocycles. The third-order valence-electron chi connectivity index (χ3n) is 3.95. The van der Waals surface area contributed by atoms with E-state index >= 15 is 0 Å². The zero-order valence-corrected chi connectivity index (χ0v) is 16.1. The first kappa shape index (κ1) is 19.6. The second-order valence-corrected chi connectivity index (χ2v) is 6.94. The fraction of sp³-hybridized carbons (Fsp3) is 0.316. The third-order valence-corrected chi connectivity index (χ3v) is 4.69. The van der Waals surface area contributed by atoms with E-state index < -0.39 is 0 Å². The van der Waals surface area contributed by atoms with E-state index in [0.717, 1.165) is 28.3 Å². The molecule has 0 spiro atoms. The molecule has 1 unspecified atom stereocenters. The summed E-state index contributed by atoms with van der Waals surface area (Å²) in [4.78, 5) is 13.4. The predicted molar refractivity (Wildman–Crippen MR) is 101 cm³/mol. The summed E-state index contributed by atoms with van der Waals surface area (Å²) in [7, 11) is 3.64. The van der Waals surface area contributed by atoms with Crippen LogP contribution in [0.15, 0.2) is 42.5 Å². The van der Waals surface area contributed by atoms with Gasteiger partial charge in [0.25, 0.3) is 5.91 Å². The maximum absolute atomic E-state index is 12.3. The maximum Gasteiger partial charge on any atom is 0.275 e. The van der Waals surface area contributed by atoms with Crippen molar-refractivity contribution < 1.29 is 14.4 Å². The first-order valence-electron chi connectivity index (χ1n) is 8.07. The van der Waals surface area contributed by atoms with Crippen molar-refractivity contribution in [3.8, 4) is 5.75 Å². The fourth-order valence-corrected chi connectivity index (χ4v) is 2.89. The molecule has 0 aliphatic heterocycles. The van der Waals surface area contributed by atoms with Crippen molar-refractivity contribution in [2.45, 2.75) is 19.5 Å². The highest BCUT2D eigenvalue weighted by molar-refractivity contribution is 6.42. The van der Waals surface area contributed by atoms with Gasteiger partial charge in [0.1, 0.15) is 12.3 Å².